The maximum atomic E-state index is 11.4. The van der Waals surface area contributed by atoms with Gasteiger partial charge in [0.15, 0.2) is 0 Å². The van der Waals surface area contributed by atoms with Gasteiger partial charge in [-0.2, -0.15) is 8.42 Å². The molecule has 1 aromatic rings. The Labute approximate surface area is 87.1 Å². The number of nitrogens with zero attached hydrogens (tertiary/aromatic N) is 1. The molecule has 1 rings (SSSR count). The molecule has 0 aliphatic rings. The van der Waals surface area contributed by atoms with Crippen molar-refractivity contribution in [3.8, 4) is 5.88 Å². The number of hydrogen-bond acceptors (Lipinski definition) is 4. The van der Waals surface area contributed by atoms with Crippen molar-refractivity contribution in [3.05, 3.63) is 28.0 Å². The van der Waals surface area contributed by atoms with Gasteiger partial charge in [0.05, 0.1) is 0 Å². The largest absolute Gasteiger partial charge is 0.447 e. The summed E-state index contributed by atoms with van der Waals surface area (Å²) in [5, 5.41) is 0. The molecule has 0 amide bonds. The lowest BCUT2D eigenvalue weighted by molar-refractivity contribution is 0.369. The maximum Gasteiger partial charge on any atom is 0.447 e. The molecule has 1 N–H and O–H groups in total. The average molecular weight is 233 g/mol. The van der Waals surface area contributed by atoms with Crippen LogP contribution in [0.3, 0.4) is 0 Å². The highest BCUT2D eigenvalue weighted by Crippen LogP contribution is 2.12. The molecule has 0 saturated carbocycles. The van der Waals surface area contributed by atoms with E-state index in [1.165, 1.54) is 12.1 Å². The molecule has 0 atom stereocenters. The molecule has 0 bridgehead atoms. The van der Waals surface area contributed by atoms with Gasteiger partial charge in [-0.3, -0.25) is 13.9 Å². The second-order valence-corrected chi connectivity index (χ2v) is 3.99. The van der Waals surface area contributed by atoms with Gasteiger partial charge in [0.2, 0.25) is 5.88 Å². The monoisotopic (exact) mass is 233 g/mol. The highest BCUT2D eigenvalue weighted by molar-refractivity contribution is 7.81. The van der Waals surface area contributed by atoms with E-state index >= 15 is 0 Å². The normalized spacial score (nSPS) is 11.4. The standard InChI is InChI=1S/C8H11NO5S/c1-3-9-7(10)4-6(2)5-8(9)14-15(11,12)13/h4-5H,3H2,1-2H3,(H,11,12,13). The Bertz CT molecular complexity index is 516. The smallest absolute Gasteiger partial charge is 0.343 e. The number of rotatable bonds is 3. The van der Waals surface area contributed by atoms with Gasteiger partial charge in [-0.15, -0.1) is 0 Å². The zero-order valence-corrected chi connectivity index (χ0v) is 9.11. The van der Waals surface area contributed by atoms with Crippen molar-refractivity contribution < 1.29 is 17.2 Å². The van der Waals surface area contributed by atoms with E-state index in [9.17, 15) is 13.2 Å². The lowest BCUT2D eigenvalue weighted by Crippen LogP contribution is -2.22. The third-order valence-electron chi connectivity index (χ3n) is 1.74. The van der Waals surface area contributed by atoms with Gasteiger partial charge in [-0.25, -0.2) is 0 Å². The van der Waals surface area contributed by atoms with E-state index in [2.05, 4.69) is 4.18 Å². The van der Waals surface area contributed by atoms with Crippen molar-refractivity contribution >= 4 is 10.4 Å². The van der Waals surface area contributed by atoms with Crippen molar-refractivity contribution in [2.75, 3.05) is 0 Å². The molecule has 0 spiro atoms. The van der Waals surface area contributed by atoms with Gasteiger partial charge in [0.25, 0.3) is 5.56 Å². The predicted octanol–water partition coefficient (Wildman–Crippen LogP) is 0.358. The summed E-state index contributed by atoms with van der Waals surface area (Å²) in [4.78, 5) is 11.4. The van der Waals surface area contributed by atoms with E-state index in [1.807, 2.05) is 0 Å². The first-order valence-corrected chi connectivity index (χ1v) is 5.58. The molecule has 15 heavy (non-hydrogen) atoms. The Morgan fingerprint density at radius 1 is 1.47 bits per heavy atom. The third-order valence-corrected chi connectivity index (χ3v) is 2.12. The fraction of sp³-hybridized carbons (Fsp3) is 0.375. The minimum atomic E-state index is -4.60. The Morgan fingerprint density at radius 3 is 2.53 bits per heavy atom. The molecule has 6 nitrogen and oxygen atoms in total. The third kappa shape index (κ3) is 3.07. The molecule has 7 heteroatoms. The Hall–Kier alpha value is -1.34. The van der Waals surface area contributed by atoms with E-state index in [4.69, 9.17) is 4.55 Å². The van der Waals surface area contributed by atoms with Crippen LogP contribution in [0.25, 0.3) is 0 Å². The molecule has 0 aliphatic heterocycles. The second kappa shape index (κ2) is 4.03. The summed E-state index contributed by atoms with van der Waals surface area (Å²) >= 11 is 0. The summed E-state index contributed by atoms with van der Waals surface area (Å²) in [7, 11) is -4.60. The van der Waals surface area contributed by atoms with Gasteiger partial charge in [0.1, 0.15) is 0 Å². The van der Waals surface area contributed by atoms with Crippen molar-refractivity contribution in [3.63, 3.8) is 0 Å². The quantitative estimate of drug-likeness (QED) is 0.762. The summed E-state index contributed by atoms with van der Waals surface area (Å²) < 4.78 is 34.9. The van der Waals surface area contributed by atoms with E-state index in [0.717, 1.165) is 4.57 Å². The first kappa shape index (κ1) is 11.7. The van der Waals surface area contributed by atoms with Crippen LogP contribution in [-0.4, -0.2) is 17.5 Å². The maximum absolute atomic E-state index is 11.4. The summed E-state index contributed by atoms with van der Waals surface area (Å²) in [6.07, 6.45) is 0. The summed E-state index contributed by atoms with van der Waals surface area (Å²) in [6, 6.07) is 2.71. The van der Waals surface area contributed by atoms with Gasteiger partial charge in [-0.1, -0.05) is 0 Å². The van der Waals surface area contributed by atoms with Crippen LogP contribution in [0, 0.1) is 6.92 Å². The molecular formula is C8H11NO5S. The van der Waals surface area contributed by atoms with E-state index in [1.54, 1.807) is 13.8 Å². The summed E-state index contributed by atoms with van der Waals surface area (Å²) in [5.74, 6) is -0.190. The number of aryl methyl sites for hydroxylation is 1. The first-order chi connectivity index (χ1) is 6.83. The minimum Gasteiger partial charge on any atom is -0.343 e. The molecule has 84 valence electrons. The molecule has 0 unspecified atom stereocenters. The summed E-state index contributed by atoms with van der Waals surface area (Å²) in [5.41, 5.74) is 0.180. The number of aromatic nitrogens is 1. The highest BCUT2D eigenvalue weighted by atomic mass is 32.3. The number of hydrogen-bond donors (Lipinski definition) is 1. The fourth-order valence-electron chi connectivity index (χ4n) is 1.18. The highest BCUT2D eigenvalue weighted by Gasteiger charge is 2.12. The molecule has 0 aliphatic carbocycles. The van der Waals surface area contributed by atoms with Crippen LogP contribution in [0.4, 0.5) is 0 Å². The Kier molecular flexibility index (Phi) is 3.15. The molecule has 0 radical (unpaired) electrons. The van der Waals surface area contributed by atoms with Gasteiger partial charge < -0.3 is 4.18 Å². The van der Waals surface area contributed by atoms with Crippen LogP contribution >= 0.6 is 0 Å². The van der Waals surface area contributed by atoms with Crippen LogP contribution in [0.1, 0.15) is 12.5 Å². The van der Waals surface area contributed by atoms with Crippen molar-refractivity contribution in [2.45, 2.75) is 20.4 Å². The molecule has 1 heterocycles. The van der Waals surface area contributed by atoms with Crippen LogP contribution < -0.4 is 9.74 Å². The minimum absolute atomic E-state index is 0.190. The van der Waals surface area contributed by atoms with Gasteiger partial charge in [0, 0.05) is 18.7 Å². The van der Waals surface area contributed by atoms with Crippen LogP contribution in [-0.2, 0) is 16.9 Å². The van der Waals surface area contributed by atoms with Crippen LogP contribution in [0.15, 0.2) is 16.9 Å². The SMILES string of the molecule is CCn1c(OS(=O)(=O)O)cc(C)cc1=O. The molecule has 0 aromatic carbocycles. The first-order valence-electron chi connectivity index (χ1n) is 4.22. The fourth-order valence-corrected chi connectivity index (χ4v) is 1.54. The molecular weight excluding hydrogens is 222 g/mol. The van der Waals surface area contributed by atoms with Gasteiger partial charge in [-0.05, 0) is 19.4 Å². The van der Waals surface area contributed by atoms with Crippen LogP contribution in [0.2, 0.25) is 0 Å². The van der Waals surface area contributed by atoms with E-state index in [0.29, 0.717) is 5.56 Å². The predicted molar refractivity (Wildman–Crippen MR) is 53.3 cm³/mol. The van der Waals surface area contributed by atoms with E-state index < -0.39 is 10.4 Å². The Morgan fingerprint density at radius 2 is 2.07 bits per heavy atom. The zero-order chi connectivity index (χ0) is 11.6. The molecule has 0 saturated heterocycles. The van der Waals surface area contributed by atoms with Crippen molar-refractivity contribution in [2.24, 2.45) is 0 Å². The lowest BCUT2D eigenvalue weighted by atomic mass is 10.3. The van der Waals surface area contributed by atoms with Crippen molar-refractivity contribution in [1.82, 2.24) is 4.57 Å². The van der Waals surface area contributed by atoms with Gasteiger partial charge >= 0.3 is 10.4 Å². The topological polar surface area (TPSA) is 85.6 Å². The zero-order valence-electron chi connectivity index (χ0n) is 8.30. The summed E-state index contributed by atoms with van der Waals surface area (Å²) in [6.45, 7) is 3.54. The van der Waals surface area contributed by atoms with Crippen molar-refractivity contribution in [1.29, 1.82) is 0 Å². The Balaban J connectivity index is 3.33. The lowest BCUT2D eigenvalue weighted by Gasteiger charge is -2.09. The van der Waals surface area contributed by atoms with E-state index in [-0.39, 0.29) is 18.0 Å². The molecule has 0 fully saturated rings. The second-order valence-electron chi connectivity index (χ2n) is 2.96. The average Bonchev–Trinajstić information content (AvgIpc) is 1.99. The van der Waals surface area contributed by atoms with Crippen LogP contribution in [0.5, 0.6) is 5.88 Å². The number of pyridine rings is 1. The molecule has 1 aromatic heterocycles.